The Morgan fingerprint density at radius 1 is 1.56 bits per heavy atom. The number of carbonyl (C=O) groups is 1. The molecule has 0 aliphatic rings. The van der Waals surface area contributed by atoms with Crippen molar-refractivity contribution in [2.45, 2.75) is 38.6 Å². The Kier molecular flexibility index (Phi) is 5.06. The van der Waals surface area contributed by atoms with Crippen LogP contribution in [0.25, 0.3) is 0 Å². The van der Waals surface area contributed by atoms with Crippen LogP contribution in [0.4, 0.5) is 0 Å². The SMILES string of the molecule is CC(C)(CCBr)NC(=O)CCc1ccco1. The van der Waals surface area contributed by atoms with Crippen LogP contribution in [-0.4, -0.2) is 16.8 Å². The van der Waals surface area contributed by atoms with Crippen molar-refractivity contribution in [1.29, 1.82) is 0 Å². The Bertz CT molecular complexity index is 320. The lowest BCUT2D eigenvalue weighted by Crippen LogP contribution is -2.43. The van der Waals surface area contributed by atoms with E-state index in [1.165, 1.54) is 0 Å². The zero-order valence-corrected chi connectivity index (χ0v) is 11.3. The van der Waals surface area contributed by atoms with E-state index < -0.39 is 0 Å². The van der Waals surface area contributed by atoms with Crippen LogP contribution in [0.1, 0.15) is 32.4 Å². The highest BCUT2D eigenvalue weighted by Crippen LogP contribution is 2.11. The van der Waals surface area contributed by atoms with Crippen LogP contribution in [0.3, 0.4) is 0 Å². The van der Waals surface area contributed by atoms with Crippen LogP contribution in [0.5, 0.6) is 0 Å². The number of halogens is 1. The summed E-state index contributed by atoms with van der Waals surface area (Å²) in [6.45, 7) is 4.05. The molecule has 1 aromatic heterocycles. The molecule has 0 aromatic carbocycles. The van der Waals surface area contributed by atoms with Gasteiger partial charge in [-0.2, -0.15) is 0 Å². The molecule has 4 heteroatoms. The van der Waals surface area contributed by atoms with Crippen molar-refractivity contribution >= 4 is 21.8 Å². The molecule has 0 fully saturated rings. The van der Waals surface area contributed by atoms with Crippen molar-refractivity contribution in [2.24, 2.45) is 0 Å². The Hall–Kier alpha value is -0.770. The number of aryl methyl sites for hydroxylation is 1. The maximum atomic E-state index is 11.7. The molecule has 1 heterocycles. The van der Waals surface area contributed by atoms with Gasteiger partial charge in [-0.15, -0.1) is 0 Å². The molecule has 0 bridgehead atoms. The first-order chi connectivity index (χ1) is 7.53. The van der Waals surface area contributed by atoms with Gasteiger partial charge in [0.25, 0.3) is 0 Å². The zero-order valence-electron chi connectivity index (χ0n) is 9.75. The molecule has 1 rings (SSSR count). The molecule has 0 unspecified atom stereocenters. The van der Waals surface area contributed by atoms with Crippen molar-refractivity contribution < 1.29 is 9.21 Å². The molecule has 0 saturated carbocycles. The van der Waals surface area contributed by atoms with E-state index >= 15 is 0 Å². The Labute approximate surface area is 105 Å². The standard InChI is InChI=1S/C12H18BrNO2/c1-12(2,7-8-13)14-11(15)6-5-10-4-3-9-16-10/h3-4,9H,5-8H2,1-2H3,(H,14,15). The molecule has 0 saturated heterocycles. The largest absolute Gasteiger partial charge is 0.469 e. The lowest BCUT2D eigenvalue weighted by Gasteiger charge is -2.25. The predicted molar refractivity (Wildman–Crippen MR) is 67.7 cm³/mol. The number of hydrogen-bond donors (Lipinski definition) is 1. The van der Waals surface area contributed by atoms with Gasteiger partial charge >= 0.3 is 0 Å². The number of nitrogens with one attached hydrogen (secondary N) is 1. The molecular formula is C12H18BrNO2. The normalized spacial score (nSPS) is 11.4. The third-order valence-electron chi connectivity index (χ3n) is 2.38. The summed E-state index contributed by atoms with van der Waals surface area (Å²) in [5.41, 5.74) is -0.149. The van der Waals surface area contributed by atoms with Crippen LogP contribution in [-0.2, 0) is 11.2 Å². The lowest BCUT2D eigenvalue weighted by atomic mass is 10.0. The molecule has 90 valence electrons. The minimum atomic E-state index is -0.149. The fourth-order valence-electron chi connectivity index (χ4n) is 1.43. The van der Waals surface area contributed by atoms with E-state index in [1.807, 2.05) is 26.0 Å². The second-order valence-electron chi connectivity index (χ2n) is 4.45. The van der Waals surface area contributed by atoms with E-state index in [4.69, 9.17) is 4.42 Å². The van der Waals surface area contributed by atoms with Gasteiger partial charge in [-0.3, -0.25) is 4.79 Å². The molecule has 0 aliphatic carbocycles. The third-order valence-corrected chi connectivity index (χ3v) is 2.77. The minimum absolute atomic E-state index is 0.0716. The topological polar surface area (TPSA) is 42.2 Å². The van der Waals surface area contributed by atoms with E-state index in [-0.39, 0.29) is 11.4 Å². The number of rotatable bonds is 6. The average molecular weight is 288 g/mol. The molecular weight excluding hydrogens is 270 g/mol. The summed E-state index contributed by atoms with van der Waals surface area (Å²) >= 11 is 3.38. The van der Waals surface area contributed by atoms with Crippen molar-refractivity contribution in [1.82, 2.24) is 5.32 Å². The van der Waals surface area contributed by atoms with Gasteiger partial charge in [-0.25, -0.2) is 0 Å². The fraction of sp³-hybridized carbons (Fsp3) is 0.583. The van der Waals surface area contributed by atoms with E-state index in [0.717, 1.165) is 17.5 Å². The molecule has 3 nitrogen and oxygen atoms in total. The summed E-state index contributed by atoms with van der Waals surface area (Å²) in [4.78, 5) is 11.7. The summed E-state index contributed by atoms with van der Waals surface area (Å²) in [5, 5.41) is 3.90. The van der Waals surface area contributed by atoms with Crippen LogP contribution in [0.15, 0.2) is 22.8 Å². The summed E-state index contributed by atoms with van der Waals surface area (Å²) in [7, 11) is 0. The Balaban J connectivity index is 2.30. The van der Waals surface area contributed by atoms with Crippen LogP contribution >= 0.6 is 15.9 Å². The number of alkyl halides is 1. The molecule has 1 N–H and O–H groups in total. The van der Waals surface area contributed by atoms with Crippen molar-refractivity contribution in [3.05, 3.63) is 24.2 Å². The molecule has 0 aliphatic heterocycles. The first-order valence-corrected chi connectivity index (χ1v) is 6.55. The molecule has 1 aromatic rings. The van der Waals surface area contributed by atoms with E-state index in [9.17, 15) is 4.79 Å². The van der Waals surface area contributed by atoms with Gasteiger partial charge in [-0.05, 0) is 32.4 Å². The lowest BCUT2D eigenvalue weighted by molar-refractivity contribution is -0.122. The predicted octanol–water partition coefficient (Wildman–Crippen LogP) is 2.89. The number of furan rings is 1. The van der Waals surface area contributed by atoms with Gasteiger partial charge in [-0.1, -0.05) is 15.9 Å². The molecule has 1 amide bonds. The summed E-state index contributed by atoms with van der Waals surface area (Å²) in [5.74, 6) is 0.927. The zero-order chi connectivity index (χ0) is 12.0. The van der Waals surface area contributed by atoms with Gasteiger partial charge in [0.2, 0.25) is 5.91 Å². The number of hydrogen-bond acceptors (Lipinski definition) is 2. The quantitative estimate of drug-likeness (QED) is 0.818. The average Bonchev–Trinajstić information content (AvgIpc) is 2.66. The van der Waals surface area contributed by atoms with Crippen LogP contribution in [0.2, 0.25) is 0 Å². The van der Waals surface area contributed by atoms with Crippen molar-refractivity contribution in [3.8, 4) is 0 Å². The first kappa shape index (κ1) is 13.3. The Morgan fingerprint density at radius 2 is 2.31 bits per heavy atom. The van der Waals surface area contributed by atoms with Crippen molar-refractivity contribution in [3.63, 3.8) is 0 Å². The highest BCUT2D eigenvalue weighted by molar-refractivity contribution is 9.09. The second-order valence-corrected chi connectivity index (χ2v) is 5.24. The van der Waals surface area contributed by atoms with E-state index in [0.29, 0.717) is 12.8 Å². The monoisotopic (exact) mass is 287 g/mol. The van der Waals surface area contributed by atoms with Crippen molar-refractivity contribution in [2.75, 3.05) is 5.33 Å². The molecule has 16 heavy (non-hydrogen) atoms. The van der Waals surface area contributed by atoms with Gasteiger partial charge < -0.3 is 9.73 Å². The molecule has 0 atom stereocenters. The summed E-state index contributed by atoms with van der Waals surface area (Å²) < 4.78 is 5.17. The molecule has 0 spiro atoms. The van der Waals surface area contributed by atoms with Gasteiger partial charge in [0.05, 0.1) is 6.26 Å². The van der Waals surface area contributed by atoms with Crippen LogP contribution < -0.4 is 5.32 Å². The maximum absolute atomic E-state index is 11.7. The Morgan fingerprint density at radius 3 is 2.88 bits per heavy atom. The highest BCUT2D eigenvalue weighted by atomic mass is 79.9. The van der Waals surface area contributed by atoms with E-state index in [2.05, 4.69) is 21.2 Å². The fourth-order valence-corrected chi connectivity index (χ4v) is 2.42. The third kappa shape index (κ3) is 4.84. The van der Waals surface area contributed by atoms with E-state index in [1.54, 1.807) is 6.26 Å². The molecule has 0 radical (unpaired) electrons. The first-order valence-electron chi connectivity index (χ1n) is 5.43. The minimum Gasteiger partial charge on any atom is -0.469 e. The maximum Gasteiger partial charge on any atom is 0.220 e. The van der Waals surface area contributed by atoms with Gasteiger partial charge in [0.1, 0.15) is 5.76 Å². The summed E-state index contributed by atoms with van der Waals surface area (Å²) in [6.07, 6.45) is 3.67. The van der Waals surface area contributed by atoms with Gasteiger partial charge in [0, 0.05) is 23.7 Å². The number of carbonyl (C=O) groups excluding carboxylic acids is 1. The smallest absolute Gasteiger partial charge is 0.220 e. The summed E-state index contributed by atoms with van der Waals surface area (Å²) in [6, 6.07) is 3.72. The second kappa shape index (κ2) is 6.09. The van der Waals surface area contributed by atoms with Gasteiger partial charge in [0.15, 0.2) is 0 Å². The number of amides is 1. The van der Waals surface area contributed by atoms with Crippen LogP contribution in [0, 0.1) is 0 Å². The highest BCUT2D eigenvalue weighted by Gasteiger charge is 2.19.